The lowest BCUT2D eigenvalue weighted by atomic mass is 9.81. The molecule has 0 saturated carbocycles. The summed E-state index contributed by atoms with van der Waals surface area (Å²) in [7, 11) is 1.24. The second-order valence-electron chi connectivity index (χ2n) is 4.08. The number of amides is 2. The first-order chi connectivity index (χ1) is 7.56. The van der Waals surface area contributed by atoms with Crippen LogP contribution in [0.2, 0.25) is 0 Å². The van der Waals surface area contributed by atoms with Crippen molar-refractivity contribution in [1.29, 1.82) is 0 Å². The zero-order valence-electron chi connectivity index (χ0n) is 9.67. The highest BCUT2D eigenvalue weighted by atomic mass is 16.5. The number of esters is 1. The fourth-order valence-electron chi connectivity index (χ4n) is 1.99. The summed E-state index contributed by atoms with van der Waals surface area (Å²) < 4.78 is 4.63. The number of hydrogen-bond donors (Lipinski definition) is 1. The quantitative estimate of drug-likeness (QED) is 0.326. The third-order valence-corrected chi connectivity index (χ3v) is 2.93. The molecule has 0 radical (unpaired) electrons. The first-order valence-corrected chi connectivity index (χ1v) is 5.49. The van der Waals surface area contributed by atoms with E-state index in [1.807, 2.05) is 6.92 Å². The van der Waals surface area contributed by atoms with Gasteiger partial charge in [0, 0.05) is 0 Å². The number of imide groups is 1. The molecule has 0 spiro atoms. The Morgan fingerprint density at radius 3 is 2.56 bits per heavy atom. The third kappa shape index (κ3) is 2.23. The highest BCUT2D eigenvalue weighted by Crippen LogP contribution is 2.34. The molecule has 1 heterocycles. The zero-order valence-corrected chi connectivity index (χ0v) is 9.67. The summed E-state index contributed by atoms with van der Waals surface area (Å²) in [6.07, 6.45) is 2.96. The molecule has 1 unspecified atom stereocenters. The van der Waals surface area contributed by atoms with Gasteiger partial charge in [-0.2, -0.15) is 0 Å². The monoisotopic (exact) mass is 227 g/mol. The number of unbranched alkanes of at least 4 members (excludes halogenated alkanes) is 2. The van der Waals surface area contributed by atoms with Crippen molar-refractivity contribution in [3.8, 4) is 0 Å². The van der Waals surface area contributed by atoms with Gasteiger partial charge < -0.3 is 4.74 Å². The standard InChI is InChI=1S/C11H17NO4/c1-3-4-5-6-11(10(15)16-2)7-8(13)12-9(11)14/h3-7H2,1-2H3,(H,12,13,14). The van der Waals surface area contributed by atoms with Gasteiger partial charge in [-0.1, -0.05) is 26.2 Å². The lowest BCUT2D eigenvalue weighted by molar-refractivity contribution is -0.157. The molecule has 2 amide bonds. The summed E-state index contributed by atoms with van der Waals surface area (Å²) in [5.74, 6) is -1.51. The molecule has 1 rings (SSSR count). The van der Waals surface area contributed by atoms with Gasteiger partial charge >= 0.3 is 5.97 Å². The molecule has 5 heteroatoms. The Morgan fingerprint density at radius 2 is 2.12 bits per heavy atom. The Hall–Kier alpha value is -1.39. The first-order valence-electron chi connectivity index (χ1n) is 5.49. The van der Waals surface area contributed by atoms with E-state index in [4.69, 9.17) is 0 Å². The van der Waals surface area contributed by atoms with Crippen molar-refractivity contribution in [3.05, 3.63) is 0 Å². The molecule has 90 valence electrons. The van der Waals surface area contributed by atoms with Crippen molar-refractivity contribution < 1.29 is 19.1 Å². The summed E-state index contributed by atoms with van der Waals surface area (Å²) in [4.78, 5) is 34.5. The molecular formula is C11H17NO4. The van der Waals surface area contributed by atoms with E-state index in [1.165, 1.54) is 7.11 Å². The molecule has 5 nitrogen and oxygen atoms in total. The predicted octanol–water partition coefficient (Wildman–Crippen LogP) is 0.773. The fourth-order valence-corrected chi connectivity index (χ4v) is 1.99. The summed E-state index contributed by atoms with van der Waals surface area (Å²) in [5.41, 5.74) is -1.28. The largest absolute Gasteiger partial charge is 0.468 e. The molecule has 1 atom stereocenters. The molecule has 0 aromatic rings. The van der Waals surface area contributed by atoms with Crippen LogP contribution >= 0.6 is 0 Å². The average molecular weight is 227 g/mol. The number of rotatable bonds is 5. The maximum atomic E-state index is 11.7. The Kier molecular flexibility index (Phi) is 4.04. The van der Waals surface area contributed by atoms with Gasteiger partial charge in [0.25, 0.3) is 0 Å². The van der Waals surface area contributed by atoms with Crippen LogP contribution < -0.4 is 5.32 Å². The average Bonchev–Trinajstić information content (AvgIpc) is 2.54. The van der Waals surface area contributed by atoms with Crippen molar-refractivity contribution in [2.24, 2.45) is 5.41 Å². The van der Waals surface area contributed by atoms with Crippen LogP contribution in [0.3, 0.4) is 0 Å². The van der Waals surface area contributed by atoms with Gasteiger partial charge in [-0.05, 0) is 6.42 Å². The summed E-state index contributed by atoms with van der Waals surface area (Å²) in [6.45, 7) is 2.03. The molecule has 16 heavy (non-hydrogen) atoms. The zero-order chi connectivity index (χ0) is 12.2. The van der Waals surface area contributed by atoms with E-state index in [2.05, 4.69) is 10.1 Å². The summed E-state index contributed by atoms with van der Waals surface area (Å²) in [6, 6.07) is 0. The molecule has 0 aromatic heterocycles. The van der Waals surface area contributed by atoms with Gasteiger partial charge in [0.05, 0.1) is 13.5 Å². The van der Waals surface area contributed by atoms with Crippen LogP contribution in [0.5, 0.6) is 0 Å². The SMILES string of the molecule is CCCCCC1(C(=O)OC)CC(=O)NC1=O. The van der Waals surface area contributed by atoms with E-state index in [1.54, 1.807) is 0 Å². The van der Waals surface area contributed by atoms with Crippen molar-refractivity contribution in [1.82, 2.24) is 5.32 Å². The van der Waals surface area contributed by atoms with Crippen LogP contribution in [-0.2, 0) is 19.1 Å². The van der Waals surface area contributed by atoms with Crippen molar-refractivity contribution in [3.63, 3.8) is 0 Å². The first kappa shape index (κ1) is 12.7. The number of carbonyl (C=O) groups excluding carboxylic acids is 3. The predicted molar refractivity (Wildman–Crippen MR) is 56.4 cm³/mol. The molecule has 1 fully saturated rings. The van der Waals surface area contributed by atoms with Gasteiger partial charge in [-0.15, -0.1) is 0 Å². The molecule has 0 bridgehead atoms. The molecule has 0 aliphatic carbocycles. The Bertz CT molecular complexity index is 313. The molecule has 1 saturated heterocycles. The van der Waals surface area contributed by atoms with E-state index >= 15 is 0 Å². The number of hydrogen-bond acceptors (Lipinski definition) is 4. The fraction of sp³-hybridized carbons (Fsp3) is 0.727. The van der Waals surface area contributed by atoms with Gasteiger partial charge in [-0.3, -0.25) is 19.7 Å². The lowest BCUT2D eigenvalue weighted by Gasteiger charge is -2.21. The maximum Gasteiger partial charge on any atom is 0.321 e. The van der Waals surface area contributed by atoms with Gasteiger partial charge in [-0.25, -0.2) is 0 Å². The summed E-state index contributed by atoms with van der Waals surface area (Å²) in [5, 5.41) is 2.17. The minimum absolute atomic E-state index is 0.0811. The van der Waals surface area contributed by atoms with E-state index in [0.717, 1.165) is 19.3 Å². The van der Waals surface area contributed by atoms with Crippen LogP contribution in [0.1, 0.15) is 39.0 Å². The van der Waals surface area contributed by atoms with Crippen LogP contribution in [0.4, 0.5) is 0 Å². The smallest absolute Gasteiger partial charge is 0.321 e. The number of ether oxygens (including phenoxy) is 1. The van der Waals surface area contributed by atoms with Crippen LogP contribution in [0.15, 0.2) is 0 Å². The highest BCUT2D eigenvalue weighted by molar-refractivity contribution is 6.16. The van der Waals surface area contributed by atoms with Crippen LogP contribution in [0, 0.1) is 5.41 Å². The van der Waals surface area contributed by atoms with Crippen LogP contribution in [0.25, 0.3) is 0 Å². The van der Waals surface area contributed by atoms with Gasteiger partial charge in [0.1, 0.15) is 0 Å². The highest BCUT2D eigenvalue weighted by Gasteiger charge is 2.53. The molecule has 0 aromatic carbocycles. The summed E-state index contributed by atoms with van der Waals surface area (Å²) >= 11 is 0. The van der Waals surface area contributed by atoms with E-state index < -0.39 is 23.2 Å². The van der Waals surface area contributed by atoms with Gasteiger partial charge in [0.2, 0.25) is 11.8 Å². The number of nitrogens with one attached hydrogen (secondary N) is 1. The second-order valence-corrected chi connectivity index (χ2v) is 4.08. The molecule has 1 aliphatic heterocycles. The Morgan fingerprint density at radius 1 is 1.44 bits per heavy atom. The molecular weight excluding hydrogens is 210 g/mol. The Labute approximate surface area is 94.5 Å². The topological polar surface area (TPSA) is 72.5 Å². The van der Waals surface area contributed by atoms with Crippen molar-refractivity contribution >= 4 is 17.8 Å². The van der Waals surface area contributed by atoms with E-state index in [0.29, 0.717) is 6.42 Å². The van der Waals surface area contributed by atoms with E-state index in [-0.39, 0.29) is 6.42 Å². The number of carbonyl (C=O) groups is 3. The third-order valence-electron chi connectivity index (χ3n) is 2.93. The second kappa shape index (κ2) is 5.09. The normalized spacial score (nSPS) is 24.4. The van der Waals surface area contributed by atoms with Crippen molar-refractivity contribution in [2.45, 2.75) is 39.0 Å². The van der Waals surface area contributed by atoms with Crippen molar-refractivity contribution in [2.75, 3.05) is 7.11 Å². The van der Waals surface area contributed by atoms with Gasteiger partial charge in [0.15, 0.2) is 5.41 Å². The van der Waals surface area contributed by atoms with E-state index in [9.17, 15) is 14.4 Å². The van der Waals surface area contributed by atoms with Crippen LogP contribution in [-0.4, -0.2) is 24.9 Å². The minimum atomic E-state index is -1.28. The molecule has 1 N–H and O–H groups in total. The lowest BCUT2D eigenvalue weighted by Crippen LogP contribution is -2.39. The minimum Gasteiger partial charge on any atom is -0.468 e. The molecule has 1 aliphatic rings. The number of methoxy groups -OCH3 is 1. The maximum absolute atomic E-state index is 11.7. The Balaban J connectivity index is 2.81.